The van der Waals surface area contributed by atoms with E-state index in [9.17, 15) is 4.79 Å². The van der Waals surface area contributed by atoms with E-state index in [0.717, 1.165) is 12.8 Å². The van der Waals surface area contributed by atoms with E-state index in [2.05, 4.69) is 0 Å². The first-order valence-corrected chi connectivity index (χ1v) is 6.64. The van der Waals surface area contributed by atoms with Gasteiger partial charge in [0.05, 0.1) is 18.1 Å². The van der Waals surface area contributed by atoms with Gasteiger partial charge in [0.15, 0.2) is 0 Å². The number of carbonyl (C=O) groups is 1. The van der Waals surface area contributed by atoms with Crippen LogP contribution in [0.5, 0.6) is 0 Å². The average molecular weight is 226 g/mol. The monoisotopic (exact) mass is 226 g/mol. The van der Waals surface area contributed by atoms with Crippen LogP contribution in [0.4, 0.5) is 0 Å². The molecule has 0 bridgehead atoms. The maximum Gasteiger partial charge on any atom is 0.143 e. The Labute approximate surface area is 99.8 Å². The molecule has 0 aromatic heterocycles. The van der Waals surface area contributed by atoms with Crippen molar-refractivity contribution in [3.8, 4) is 0 Å². The third-order valence-electron chi connectivity index (χ3n) is 3.55. The molecule has 1 saturated carbocycles. The fraction of sp³-hybridized carbons (Fsp3) is 0.929. The zero-order valence-corrected chi connectivity index (χ0v) is 11.2. The molecular formula is C14H26O2. The van der Waals surface area contributed by atoms with Crippen molar-refractivity contribution in [3.63, 3.8) is 0 Å². The van der Waals surface area contributed by atoms with E-state index < -0.39 is 0 Å². The summed E-state index contributed by atoms with van der Waals surface area (Å²) in [5, 5.41) is 0. The van der Waals surface area contributed by atoms with E-state index in [1.807, 2.05) is 27.7 Å². The first kappa shape index (κ1) is 13.7. The van der Waals surface area contributed by atoms with E-state index >= 15 is 0 Å². The Hall–Kier alpha value is -0.370. The molecule has 0 radical (unpaired) electrons. The summed E-state index contributed by atoms with van der Waals surface area (Å²) >= 11 is 0. The predicted octanol–water partition coefficient (Wildman–Crippen LogP) is 3.59. The lowest BCUT2D eigenvalue weighted by Crippen LogP contribution is -2.41. The van der Waals surface area contributed by atoms with Crippen LogP contribution in [0.3, 0.4) is 0 Å². The van der Waals surface area contributed by atoms with Gasteiger partial charge in [-0.2, -0.15) is 0 Å². The van der Waals surface area contributed by atoms with E-state index in [0.29, 0.717) is 12.4 Å². The zero-order chi connectivity index (χ0) is 12.2. The third kappa shape index (κ3) is 3.31. The maximum absolute atomic E-state index is 12.4. The second-order valence-electron chi connectivity index (χ2n) is 5.72. The molecule has 1 aliphatic carbocycles. The number of Topliss-reactive ketones (excluding diaryl/α,β-unsaturated/α-hetero) is 1. The van der Waals surface area contributed by atoms with Crippen LogP contribution in [0.1, 0.15) is 59.8 Å². The molecule has 0 aliphatic heterocycles. The van der Waals surface area contributed by atoms with Crippen molar-refractivity contribution in [2.24, 2.45) is 11.3 Å². The van der Waals surface area contributed by atoms with Crippen molar-refractivity contribution >= 4 is 5.78 Å². The van der Waals surface area contributed by atoms with Gasteiger partial charge < -0.3 is 4.74 Å². The Morgan fingerprint density at radius 1 is 1.12 bits per heavy atom. The molecule has 0 aromatic rings. The Morgan fingerprint density at radius 3 is 2.12 bits per heavy atom. The third-order valence-corrected chi connectivity index (χ3v) is 3.55. The lowest BCUT2D eigenvalue weighted by Gasteiger charge is -2.37. The van der Waals surface area contributed by atoms with Crippen molar-refractivity contribution in [1.29, 1.82) is 0 Å². The number of carbonyl (C=O) groups excluding carboxylic acids is 1. The summed E-state index contributed by atoms with van der Waals surface area (Å²) in [5.74, 6) is 0.543. The van der Waals surface area contributed by atoms with Gasteiger partial charge in [-0.3, -0.25) is 4.79 Å². The van der Waals surface area contributed by atoms with Crippen LogP contribution in [-0.4, -0.2) is 18.5 Å². The molecule has 0 heterocycles. The first-order chi connectivity index (χ1) is 7.48. The van der Waals surface area contributed by atoms with Gasteiger partial charge in [-0.05, 0) is 26.7 Å². The van der Waals surface area contributed by atoms with E-state index in [4.69, 9.17) is 4.74 Å². The molecule has 94 valence electrons. The quantitative estimate of drug-likeness (QED) is 0.716. The molecule has 1 fully saturated rings. The van der Waals surface area contributed by atoms with Crippen LogP contribution in [0.15, 0.2) is 0 Å². The minimum atomic E-state index is -0.170. The molecule has 2 heteroatoms. The SMILES string of the molecule is CC(C)OCC1(C(=O)C(C)C)CCCCC1. The second-order valence-corrected chi connectivity index (χ2v) is 5.72. The second kappa shape index (κ2) is 5.81. The van der Waals surface area contributed by atoms with Gasteiger partial charge >= 0.3 is 0 Å². The highest BCUT2D eigenvalue weighted by Gasteiger charge is 2.40. The van der Waals surface area contributed by atoms with Gasteiger partial charge in [0.1, 0.15) is 5.78 Å². The fourth-order valence-corrected chi connectivity index (χ4v) is 2.63. The minimum Gasteiger partial charge on any atom is -0.378 e. The van der Waals surface area contributed by atoms with Crippen LogP contribution >= 0.6 is 0 Å². The highest BCUT2D eigenvalue weighted by Crippen LogP contribution is 2.39. The molecule has 0 aromatic carbocycles. The Balaban J connectivity index is 2.71. The minimum absolute atomic E-state index is 0.133. The largest absolute Gasteiger partial charge is 0.378 e. The molecule has 0 atom stereocenters. The number of hydrogen-bond acceptors (Lipinski definition) is 2. The Morgan fingerprint density at radius 2 is 1.69 bits per heavy atom. The molecule has 0 amide bonds. The van der Waals surface area contributed by atoms with Crippen molar-refractivity contribution in [2.45, 2.75) is 65.9 Å². The predicted molar refractivity (Wildman–Crippen MR) is 66.5 cm³/mol. The fourth-order valence-electron chi connectivity index (χ4n) is 2.63. The molecule has 0 unspecified atom stereocenters. The molecule has 0 saturated heterocycles. The molecule has 0 N–H and O–H groups in total. The summed E-state index contributed by atoms with van der Waals surface area (Å²) in [6.07, 6.45) is 5.90. The van der Waals surface area contributed by atoms with Crippen LogP contribution in [-0.2, 0) is 9.53 Å². The Kier molecular flexibility index (Phi) is 4.97. The topological polar surface area (TPSA) is 26.3 Å². The summed E-state index contributed by atoms with van der Waals surface area (Å²) in [7, 11) is 0. The standard InChI is InChI=1S/C14H26O2/c1-11(2)13(15)14(10-16-12(3)4)8-6-5-7-9-14/h11-12H,5-10H2,1-4H3. The molecule has 16 heavy (non-hydrogen) atoms. The van der Waals surface area contributed by atoms with Crippen LogP contribution in [0.25, 0.3) is 0 Å². The lowest BCUT2D eigenvalue weighted by molar-refractivity contribution is -0.139. The Bertz CT molecular complexity index is 225. The maximum atomic E-state index is 12.4. The first-order valence-electron chi connectivity index (χ1n) is 6.64. The summed E-state index contributed by atoms with van der Waals surface area (Å²) in [6.45, 7) is 8.72. The summed E-state index contributed by atoms with van der Waals surface area (Å²) < 4.78 is 5.74. The molecule has 1 aliphatic rings. The van der Waals surface area contributed by atoms with E-state index in [1.54, 1.807) is 0 Å². The number of ketones is 1. The van der Waals surface area contributed by atoms with Crippen molar-refractivity contribution in [2.75, 3.05) is 6.61 Å². The molecule has 2 nitrogen and oxygen atoms in total. The van der Waals surface area contributed by atoms with Gasteiger partial charge in [0.2, 0.25) is 0 Å². The molecular weight excluding hydrogens is 200 g/mol. The number of ether oxygens (including phenoxy) is 1. The normalized spacial score (nSPS) is 20.4. The molecule has 0 spiro atoms. The van der Waals surface area contributed by atoms with Crippen molar-refractivity contribution in [3.05, 3.63) is 0 Å². The van der Waals surface area contributed by atoms with Gasteiger partial charge in [0, 0.05) is 5.92 Å². The summed E-state index contributed by atoms with van der Waals surface area (Å²) in [5.41, 5.74) is -0.170. The van der Waals surface area contributed by atoms with Gasteiger partial charge in [-0.15, -0.1) is 0 Å². The highest BCUT2D eigenvalue weighted by atomic mass is 16.5. The van der Waals surface area contributed by atoms with Crippen LogP contribution < -0.4 is 0 Å². The van der Waals surface area contributed by atoms with Gasteiger partial charge in [0.25, 0.3) is 0 Å². The zero-order valence-electron chi connectivity index (χ0n) is 11.2. The average Bonchev–Trinajstić information content (AvgIpc) is 2.26. The molecule has 1 rings (SSSR count). The number of rotatable bonds is 5. The van der Waals surface area contributed by atoms with Crippen molar-refractivity contribution in [1.82, 2.24) is 0 Å². The van der Waals surface area contributed by atoms with Crippen molar-refractivity contribution < 1.29 is 9.53 Å². The van der Waals surface area contributed by atoms with Crippen LogP contribution in [0, 0.1) is 11.3 Å². The van der Waals surface area contributed by atoms with Gasteiger partial charge in [-0.25, -0.2) is 0 Å². The highest BCUT2D eigenvalue weighted by molar-refractivity contribution is 5.86. The van der Waals surface area contributed by atoms with E-state index in [1.165, 1.54) is 19.3 Å². The van der Waals surface area contributed by atoms with E-state index in [-0.39, 0.29) is 17.4 Å². The smallest absolute Gasteiger partial charge is 0.143 e. The summed E-state index contributed by atoms with van der Waals surface area (Å²) in [4.78, 5) is 12.4. The summed E-state index contributed by atoms with van der Waals surface area (Å²) in [6, 6.07) is 0. The van der Waals surface area contributed by atoms with Gasteiger partial charge in [-0.1, -0.05) is 33.1 Å². The lowest BCUT2D eigenvalue weighted by atomic mass is 9.69. The van der Waals surface area contributed by atoms with Crippen LogP contribution in [0.2, 0.25) is 0 Å². The number of hydrogen-bond donors (Lipinski definition) is 0.